The van der Waals surface area contributed by atoms with Crippen LogP contribution >= 0.6 is 11.8 Å². The Hall–Kier alpha value is -1.89. The molecular weight excluding hydrogens is 327 g/mol. The van der Waals surface area contributed by atoms with E-state index in [0.717, 1.165) is 17.6 Å². The van der Waals surface area contributed by atoms with Gasteiger partial charge < -0.3 is 4.90 Å². The smallest absolute Gasteiger partial charge is 0.231 e. The third-order valence-corrected chi connectivity index (χ3v) is 5.32. The maximum atomic E-state index is 13.4. The fourth-order valence-corrected chi connectivity index (χ4v) is 2.99. The molecule has 2 heterocycles. The summed E-state index contributed by atoms with van der Waals surface area (Å²) in [5, 5.41) is 4.64. The second-order valence-electron chi connectivity index (χ2n) is 5.72. The molecule has 0 spiro atoms. The van der Waals surface area contributed by atoms with Crippen molar-refractivity contribution in [1.82, 2.24) is 14.8 Å². The van der Waals surface area contributed by atoms with E-state index in [-0.39, 0.29) is 17.1 Å². The standard InChI is InChI=1S/C17H23FN4OS/c1-6-21(17(23)11(2)13(4)24-5)16-10-22(20-12(16)3)15-7-14(18)8-19-9-15/h7-11,13H,6H2,1-5H3. The van der Waals surface area contributed by atoms with Crippen LogP contribution in [0.15, 0.2) is 24.7 Å². The Morgan fingerprint density at radius 3 is 2.71 bits per heavy atom. The SMILES string of the molecule is CCN(C(=O)C(C)C(C)SC)c1cn(-c2cncc(F)c2)nc1C. The molecule has 0 aliphatic rings. The zero-order chi connectivity index (χ0) is 17.9. The number of rotatable bonds is 6. The highest BCUT2D eigenvalue weighted by Gasteiger charge is 2.27. The average Bonchev–Trinajstić information content (AvgIpc) is 2.96. The van der Waals surface area contributed by atoms with Crippen molar-refractivity contribution >= 4 is 23.4 Å². The zero-order valence-corrected chi connectivity index (χ0v) is 15.5. The maximum Gasteiger partial charge on any atom is 0.231 e. The number of aromatic nitrogens is 3. The molecule has 2 aromatic rings. The fraction of sp³-hybridized carbons (Fsp3) is 0.471. The number of hydrogen-bond donors (Lipinski definition) is 0. The van der Waals surface area contributed by atoms with Gasteiger partial charge in [0.1, 0.15) is 5.82 Å². The summed E-state index contributed by atoms with van der Waals surface area (Å²) in [5.41, 5.74) is 1.99. The number of amides is 1. The van der Waals surface area contributed by atoms with Crippen molar-refractivity contribution in [2.24, 2.45) is 5.92 Å². The summed E-state index contributed by atoms with van der Waals surface area (Å²) >= 11 is 1.67. The highest BCUT2D eigenvalue weighted by Crippen LogP contribution is 2.25. The summed E-state index contributed by atoms with van der Waals surface area (Å²) in [7, 11) is 0. The van der Waals surface area contributed by atoms with Crippen molar-refractivity contribution in [2.75, 3.05) is 17.7 Å². The Morgan fingerprint density at radius 1 is 1.42 bits per heavy atom. The number of pyridine rings is 1. The maximum absolute atomic E-state index is 13.4. The highest BCUT2D eigenvalue weighted by molar-refractivity contribution is 7.99. The van der Waals surface area contributed by atoms with Gasteiger partial charge >= 0.3 is 0 Å². The topological polar surface area (TPSA) is 51.0 Å². The summed E-state index contributed by atoms with van der Waals surface area (Å²) in [6.07, 6.45) is 6.44. The molecule has 0 saturated carbocycles. The van der Waals surface area contributed by atoms with E-state index < -0.39 is 5.82 Å². The highest BCUT2D eigenvalue weighted by atomic mass is 32.2. The Kier molecular flexibility index (Phi) is 5.99. The van der Waals surface area contributed by atoms with E-state index in [1.54, 1.807) is 27.5 Å². The van der Waals surface area contributed by atoms with Gasteiger partial charge in [-0.1, -0.05) is 13.8 Å². The minimum Gasteiger partial charge on any atom is -0.309 e. The molecule has 0 aliphatic carbocycles. The Bertz CT molecular complexity index is 718. The van der Waals surface area contributed by atoms with Crippen LogP contribution in [0.2, 0.25) is 0 Å². The summed E-state index contributed by atoms with van der Waals surface area (Å²) in [4.78, 5) is 18.4. The van der Waals surface area contributed by atoms with Crippen LogP contribution in [0.3, 0.4) is 0 Å². The van der Waals surface area contributed by atoms with Crippen LogP contribution in [-0.2, 0) is 4.79 Å². The van der Waals surface area contributed by atoms with Crippen molar-refractivity contribution in [3.63, 3.8) is 0 Å². The number of thioether (sulfide) groups is 1. The first-order valence-electron chi connectivity index (χ1n) is 7.90. The summed E-state index contributed by atoms with van der Waals surface area (Å²) in [5.74, 6) is -0.453. The predicted octanol–water partition coefficient (Wildman–Crippen LogP) is 3.46. The van der Waals surface area contributed by atoms with Gasteiger partial charge in [-0.2, -0.15) is 16.9 Å². The number of carbonyl (C=O) groups is 1. The Morgan fingerprint density at radius 2 is 2.12 bits per heavy atom. The summed E-state index contributed by atoms with van der Waals surface area (Å²) in [6.45, 7) is 8.34. The molecule has 0 N–H and O–H groups in total. The zero-order valence-electron chi connectivity index (χ0n) is 14.7. The first-order chi connectivity index (χ1) is 11.4. The van der Waals surface area contributed by atoms with Crippen molar-refractivity contribution in [2.45, 2.75) is 32.9 Å². The first-order valence-corrected chi connectivity index (χ1v) is 9.19. The third-order valence-electron chi connectivity index (χ3n) is 4.17. The molecule has 0 aliphatic heterocycles. The molecule has 2 unspecified atom stereocenters. The van der Waals surface area contributed by atoms with E-state index in [2.05, 4.69) is 17.0 Å². The number of anilines is 1. The molecule has 2 aromatic heterocycles. The molecule has 0 fully saturated rings. The molecule has 0 saturated heterocycles. The lowest BCUT2D eigenvalue weighted by atomic mass is 10.1. The molecule has 1 amide bonds. The minimum absolute atomic E-state index is 0.0689. The Labute approximate surface area is 146 Å². The quantitative estimate of drug-likeness (QED) is 0.801. The molecule has 7 heteroatoms. The van der Waals surface area contributed by atoms with E-state index in [9.17, 15) is 9.18 Å². The number of carbonyl (C=O) groups excluding carboxylic acids is 1. The fourth-order valence-electron chi connectivity index (χ4n) is 2.47. The number of hydrogen-bond acceptors (Lipinski definition) is 4. The van der Waals surface area contributed by atoms with Gasteiger partial charge in [0.15, 0.2) is 0 Å². The van der Waals surface area contributed by atoms with Crippen LogP contribution in [0.25, 0.3) is 5.69 Å². The molecule has 0 bridgehead atoms. The molecule has 2 atom stereocenters. The normalized spacial score (nSPS) is 13.6. The van der Waals surface area contributed by atoms with E-state index in [1.165, 1.54) is 12.3 Å². The van der Waals surface area contributed by atoms with Gasteiger partial charge in [-0.3, -0.25) is 9.78 Å². The number of nitrogens with zero attached hydrogens (tertiary/aromatic N) is 4. The lowest BCUT2D eigenvalue weighted by molar-refractivity contribution is -0.121. The summed E-state index contributed by atoms with van der Waals surface area (Å²) < 4.78 is 14.9. The van der Waals surface area contributed by atoms with Crippen LogP contribution in [0.5, 0.6) is 0 Å². The molecule has 2 rings (SSSR count). The van der Waals surface area contributed by atoms with Crippen LogP contribution in [0.4, 0.5) is 10.1 Å². The van der Waals surface area contributed by atoms with E-state index in [0.29, 0.717) is 12.2 Å². The van der Waals surface area contributed by atoms with Crippen LogP contribution < -0.4 is 4.90 Å². The van der Waals surface area contributed by atoms with Gasteiger partial charge in [0.2, 0.25) is 5.91 Å². The summed E-state index contributed by atoms with van der Waals surface area (Å²) in [6, 6.07) is 1.36. The third kappa shape index (κ3) is 3.77. The minimum atomic E-state index is -0.423. The second-order valence-corrected chi connectivity index (χ2v) is 6.93. The van der Waals surface area contributed by atoms with E-state index >= 15 is 0 Å². The molecular formula is C17H23FN4OS. The van der Waals surface area contributed by atoms with Gasteiger partial charge in [0.05, 0.1) is 35.7 Å². The van der Waals surface area contributed by atoms with Crippen molar-refractivity contribution in [3.8, 4) is 5.69 Å². The lowest BCUT2D eigenvalue weighted by Gasteiger charge is -2.26. The predicted molar refractivity (Wildman–Crippen MR) is 96.2 cm³/mol. The van der Waals surface area contributed by atoms with Crippen molar-refractivity contribution in [1.29, 1.82) is 0 Å². The van der Waals surface area contributed by atoms with Gasteiger partial charge in [-0.05, 0) is 20.1 Å². The average molecular weight is 350 g/mol. The number of halogens is 1. The van der Waals surface area contributed by atoms with E-state index in [4.69, 9.17) is 0 Å². The Balaban J connectivity index is 2.35. The lowest BCUT2D eigenvalue weighted by Crippen LogP contribution is -2.38. The first kappa shape index (κ1) is 18.4. The van der Waals surface area contributed by atoms with Crippen LogP contribution in [-0.4, -0.2) is 38.7 Å². The van der Waals surface area contributed by atoms with Gasteiger partial charge in [-0.25, -0.2) is 9.07 Å². The monoisotopic (exact) mass is 350 g/mol. The largest absolute Gasteiger partial charge is 0.309 e. The van der Waals surface area contributed by atoms with Gasteiger partial charge in [-0.15, -0.1) is 0 Å². The van der Waals surface area contributed by atoms with Crippen LogP contribution in [0, 0.1) is 18.7 Å². The van der Waals surface area contributed by atoms with Gasteiger partial charge in [0, 0.05) is 23.8 Å². The molecule has 130 valence electrons. The van der Waals surface area contributed by atoms with E-state index in [1.807, 2.05) is 27.0 Å². The molecule has 0 aromatic carbocycles. The van der Waals surface area contributed by atoms with Gasteiger partial charge in [0.25, 0.3) is 0 Å². The van der Waals surface area contributed by atoms with Crippen molar-refractivity contribution < 1.29 is 9.18 Å². The molecule has 5 nitrogen and oxygen atoms in total. The van der Waals surface area contributed by atoms with Crippen molar-refractivity contribution in [3.05, 3.63) is 36.2 Å². The molecule has 0 radical (unpaired) electrons. The molecule has 24 heavy (non-hydrogen) atoms. The van der Waals surface area contributed by atoms with Crippen LogP contribution in [0.1, 0.15) is 26.5 Å². The second kappa shape index (κ2) is 7.79. The number of aryl methyl sites for hydroxylation is 1.